The average molecular weight is 318 g/mol. The molecule has 0 aromatic heterocycles. The molecule has 1 aliphatic heterocycles. The summed E-state index contributed by atoms with van der Waals surface area (Å²) in [7, 11) is 0. The number of nitrogens with zero attached hydrogens (tertiary/aromatic N) is 1. The van der Waals surface area contributed by atoms with Crippen molar-refractivity contribution in [2.45, 2.75) is 46.1 Å². The monoisotopic (exact) mass is 318 g/mol. The lowest BCUT2D eigenvalue weighted by Crippen LogP contribution is -2.49. The van der Waals surface area contributed by atoms with Crippen LogP contribution in [0.5, 0.6) is 0 Å². The number of amides is 2. The molecule has 1 aliphatic rings. The second kappa shape index (κ2) is 7.59. The third-order valence-electron chi connectivity index (χ3n) is 4.64. The zero-order valence-electron chi connectivity index (χ0n) is 14.1. The number of rotatable bonds is 3. The van der Waals surface area contributed by atoms with E-state index in [1.54, 1.807) is 0 Å². The number of piperidine rings is 1. The van der Waals surface area contributed by atoms with Crippen molar-refractivity contribution in [2.24, 2.45) is 5.92 Å². The summed E-state index contributed by atoms with van der Waals surface area (Å²) in [5.74, 6) is -1.03. The minimum absolute atomic E-state index is 0.162. The molecule has 1 aromatic carbocycles. The van der Waals surface area contributed by atoms with Gasteiger partial charge in [-0.1, -0.05) is 39.0 Å². The maximum atomic E-state index is 12.4. The van der Waals surface area contributed by atoms with Crippen LogP contribution >= 0.6 is 0 Å². The first-order chi connectivity index (χ1) is 11.0. The quantitative estimate of drug-likeness (QED) is 0.837. The summed E-state index contributed by atoms with van der Waals surface area (Å²) in [5.41, 5.74) is 2.80. The predicted octanol–water partition coefficient (Wildman–Crippen LogP) is 1.98. The molecule has 1 saturated heterocycles. The van der Waals surface area contributed by atoms with Crippen LogP contribution in [0.1, 0.15) is 38.3 Å². The number of aryl methyl sites for hydroxylation is 2. The fourth-order valence-corrected chi connectivity index (χ4v) is 2.95. The van der Waals surface area contributed by atoms with Crippen LogP contribution in [0.25, 0.3) is 0 Å². The molecule has 5 nitrogen and oxygen atoms in total. The SMILES string of the molecule is CCc1cccc(CC)c1NC(=O)C(=O)N1CCC(C)C(O)C1. The van der Waals surface area contributed by atoms with Crippen molar-refractivity contribution in [1.82, 2.24) is 4.90 Å². The van der Waals surface area contributed by atoms with E-state index in [4.69, 9.17) is 0 Å². The largest absolute Gasteiger partial charge is 0.391 e. The molecule has 0 radical (unpaired) electrons. The van der Waals surface area contributed by atoms with Crippen LogP contribution in [0.4, 0.5) is 5.69 Å². The molecule has 1 heterocycles. The molecule has 5 heteroatoms. The van der Waals surface area contributed by atoms with Crippen molar-refractivity contribution in [1.29, 1.82) is 0 Å². The Bertz CT molecular complexity index is 563. The topological polar surface area (TPSA) is 69.6 Å². The highest BCUT2D eigenvalue weighted by molar-refractivity contribution is 6.39. The van der Waals surface area contributed by atoms with Crippen molar-refractivity contribution < 1.29 is 14.7 Å². The van der Waals surface area contributed by atoms with Gasteiger partial charge < -0.3 is 15.3 Å². The minimum atomic E-state index is -0.623. The van der Waals surface area contributed by atoms with E-state index < -0.39 is 17.9 Å². The van der Waals surface area contributed by atoms with E-state index in [-0.39, 0.29) is 12.5 Å². The number of carbonyl (C=O) groups is 2. The lowest BCUT2D eigenvalue weighted by molar-refractivity contribution is -0.146. The predicted molar refractivity (Wildman–Crippen MR) is 90.2 cm³/mol. The first-order valence-corrected chi connectivity index (χ1v) is 8.37. The number of nitrogens with one attached hydrogen (secondary N) is 1. The van der Waals surface area contributed by atoms with Gasteiger partial charge in [0.25, 0.3) is 0 Å². The highest BCUT2D eigenvalue weighted by Crippen LogP contribution is 2.23. The maximum absolute atomic E-state index is 12.4. The smallest absolute Gasteiger partial charge is 0.313 e. The number of hydrogen-bond acceptors (Lipinski definition) is 3. The molecule has 23 heavy (non-hydrogen) atoms. The molecule has 0 bridgehead atoms. The number of carbonyl (C=O) groups excluding carboxylic acids is 2. The van der Waals surface area contributed by atoms with Crippen molar-refractivity contribution in [3.8, 4) is 0 Å². The standard InChI is InChI=1S/C18H26N2O3/c1-4-13-7-6-8-14(5-2)16(13)19-17(22)18(23)20-10-9-12(3)15(21)11-20/h6-8,12,15,21H,4-5,9-11H2,1-3H3,(H,19,22). The third kappa shape index (κ3) is 3.91. The summed E-state index contributed by atoms with van der Waals surface area (Å²) in [6.07, 6.45) is 1.73. The molecule has 2 rings (SSSR count). The Balaban J connectivity index is 2.11. The van der Waals surface area contributed by atoms with Crippen molar-refractivity contribution >= 4 is 17.5 Å². The molecule has 2 N–H and O–H groups in total. The van der Waals surface area contributed by atoms with E-state index in [0.717, 1.165) is 29.7 Å². The number of aliphatic hydroxyl groups is 1. The van der Waals surface area contributed by atoms with E-state index in [1.165, 1.54) is 4.90 Å². The van der Waals surface area contributed by atoms with Crippen molar-refractivity contribution in [3.63, 3.8) is 0 Å². The third-order valence-corrected chi connectivity index (χ3v) is 4.64. The number of hydrogen-bond donors (Lipinski definition) is 2. The van der Waals surface area contributed by atoms with Crippen LogP contribution in [0, 0.1) is 5.92 Å². The maximum Gasteiger partial charge on any atom is 0.313 e. The molecule has 2 atom stereocenters. The summed E-state index contributed by atoms with van der Waals surface area (Å²) in [6.45, 7) is 6.74. The van der Waals surface area contributed by atoms with Crippen LogP contribution < -0.4 is 5.32 Å². The number of anilines is 1. The molecule has 2 amide bonds. The first kappa shape index (κ1) is 17.5. The van der Waals surface area contributed by atoms with Crippen LogP contribution in [0.3, 0.4) is 0 Å². The van der Waals surface area contributed by atoms with Gasteiger partial charge in [-0.15, -0.1) is 0 Å². The lowest BCUT2D eigenvalue weighted by atomic mass is 9.96. The molecule has 0 saturated carbocycles. The van der Waals surface area contributed by atoms with Gasteiger partial charge >= 0.3 is 11.8 Å². The Morgan fingerprint density at radius 3 is 2.39 bits per heavy atom. The number of benzene rings is 1. The molecular formula is C18H26N2O3. The first-order valence-electron chi connectivity index (χ1n) is 8.37. The number of aliphatic hydroxyl groups excluding tert-OH is 1. The Morgan fingerprint density at radius 2 is 1.87 bits per heavy atom. The van der Waals surface area contributed by atoms with Crippen LogP contribution in [-0.4, -0.2) is 41.0 Å². The minimum Gasteiger partial charge on any atom is -0.391 e. The molecule has 0 aliphatic carbocycles. The summed E-state index contributed by atoms with van der Waals surface area (Å²) in [4.78, 5) is 26.2. The lowest BCUT2D eigenvalue weighted by Gasteiger charge is -2.33. The molecule has 2 unspecified atom stereocenters. The van der Waals surface area contributed by atoms with Gasteiger partial charge in [0.15, 0.2) is 0 Å². The Hall–Kier alpha value is -1.88. The van der Waals surface area contributed by atoms with Gasteiger partial charge in [-0.2, -0.15) is 0 Å². The Morgan fingerprint density at radius 1 is 1.26 bits per heavy atom. The Labute approximate surface area is 137 Å². The van der Waals surface area contributed by atoms with E-state index in [2.05, 4.69) is 5.32 Å². The molecular weight excluding hydrogens is 292 g/mol. The van der Waals surface area contributed by atoms with Gasteiger partial charge in [0.05, 0.1) is 6.10 Å². The summed E-state index contributed by atoms with van der Waals surface area (Å²) in [5, 5.41) is 12.7. The van der Waals surface area contributed by atoms with Crippen LogP contribution in [0.15, 0.2) is 18.2 Å². The van der Waals surface area contributed by atoms with E-state index in [0.29, 0.717) is 13.0 Å². The summed E-state index contributed by atoms with van der Waals surface area (Å²) < 4.78 is 0. The molecule has 1 aromatic rings. The van der Waals surface area contributed by atoms with Crippen molar-refractivity contribution in [2.75, 3.05) is 18.4 Å². The fourth-order valence-electron chi connectivity index (χ4n) is 2.95. The fraction of sp³-hybridized carbons (Fsp3) is 0.556. The van der Waals surface area contributed by atoms with Gasteiger partial charge in [0, 0.05) is 18.8 Å². The second-order valence-corrected chi connectivity index (χ2v) is 6.20. The van der Waals surface area contributed by atoms with Gasteiger partial charge in [0.2, 0.25) is 0 Å². The number of β-amino-alcohol motifs (C(OH)–C–C–N with tert-alkyl or cyclic N) is 1. The zero-order chi connectivity index (χ0) is 17.0. The van der Waals surface area contributed by atoms with E-state index in [9.17, 15) is 14.7 Å². The van der Waals surface area contributed by atoms with E-state index in [1.807, 2.05) is 39.0 Å². The molecule has 0 spiro atoms. The van der Waals surface area contributed by atoms with Crippen LogP contribution in [-0.2, 0) is 22.4 Å². The highest BCUT2D eigenvalue weighted by Gasteiger charge is 2.30. The van der Waals surface area contributed by atoms with Gasteiger partial charge in [-0.25, -0.2) is 0 Å². The Kier molecular flexibility index (Phi) is 5.77. The average Bonchev–Trinajstić information content (AvgIpc) is 2.56. The van der Waals surface area contributed by atoms with Gasteiger partial charge in [-0.05, 0) is 36.3 Å². The zero-order valence-corrected chi connectivity index (χ0v) is 14.1. The second-order valence-electron chi connectivity index (χ2n) is 6.20. The number of likely N-dealkylation sites (tertiary alicyclic amines) is 1. The molecule has 1 fully saturated rings. The summed E-state index contributed by atoms with van der Waals surface area (Å²) in [6, 6.07) is 5.90. The summed E-state index contributed by atoms with van der Waals surface area (Å²) >= 11 is 0. The normalized spacial score (nSPS) is 21.1. The molecule has 126 valence electrons. The van der Waals surface area contributed by atoms with Crippen molar-refractivity contribution in [3.05, 3.63) is 29.3 Å². The van der Waals surface area contributed by atoms with Gasteiger partial charge in [-0.3, -0.25) is 9.59 Å². The number of para-hydroxylation sites is 1. The van der Waals surface area contributed by atoms with E-state index >= 15 is 0 Å². The van der Waals surface area contributed by atoms with Gasteiger partial charge in [0.1, 0.15) is 0 Å². The highest BCUT2D eigenvalue weighted by atomic mass is 16.3. The van der Waals surface area contributed by atoms with Crippen LogP contribution in [0.2, 0.25) is 0 Å².